The normalized spacial score (nSPS) is 12.9. The average molecular weight is 591 g/mol. The number of aromatic nitrogens is 2. The van der Waals surface area contributed by atoms with Crippen molar-refractivity contribution in [2.24, 2.45) is 0 Å². The molecule has 0 saturated carbocycles. The van der Waals surface area contributed by atoms with Gasteiger partial charge in [-0.05, 0) is 48.0 Å². The molecule has 0 N–H and O–H groups in total. The van der Waals surface area contributed by atoms with Gasteiger partial charge in [-0.3, -0.25) is 19.3 Å². The summed E-state index contributed by atoms with van der Waals surface area (Å²) in [5, 5.41) is 8.42. The Hall–Kier alpha value is -4.90. The van der Waals surface area contributed by atoms with Crippen LogP contribution in [-0.2, 0) is 27.4 Å². The fourth-order valence-corrected chi connectivity index (χ4v) is 4.70. The van der Waals surface area contributed by atoms with Crippen molar-refractivity contribution < 1.29 is 33.0 Å². The molecule has 0 radical (unpaired) electrons. The highest BCUT2D eigenvalue weighted by Gasteiger charge is 2.31. The highest BCUT2D eigenvalue weighted by atomic mass is 35.5. The first kappa shape index (κ1) is 28.6. The number of amides is 2. The SMILES string of the molecule is COc1cccc(-c2nnc(CN3Cc4ccccc4N(C(=O)c4ccc(OCCOC(C)=O)cc4Cl)CC3=O)o2)c1. The summed E-state index contributed by atoms with van der Waals surface area (Å²) in [6.07, 6.45) is 0. The van der Waals surface area contributed by atoms with Gasteiger partial charge in [0.15, 0.2) is 0 Å². The number of anilines is 1. The van der Waals surface area contributed by atoms with Gasteiger partial charge in [-0.25, -0.2) is 0 Å². The van der Waals surface area contributed by atoms with Crippen molar-refractivity contribution in [1.82, 2.24) is 15.1 Å². The number of carbonyl (C=O) groups excluding carboxylic acids is 3. The van der Waals surface area contributed by atoms with Crippen molar-refractivity contribution in [3.05, 3.63) is 88.8 Å². The molecule has 12 heteroatoms. The van der Waals surface area contributed by atoms with Gasteiger partial charge >= 0.3 is 5.97 Å². The maximum Gasteiger partial charge on any atom is 0.302 e. The molecule has 3 aromatic carbocycles. The van der Waals surface area contributed by atoms with Crippen molar-refractivity contribution in [2.45, 2.75) is 20.0 Å². The van der Waals surface area contributed by atoms with E-state index in [1.807, 2.05) is 30.3 Å². The smallest absolute Gasteiger partial charge is 0.302 e. The molecule has 1 aromatic heterocycles. The van der Waals surface area contributed by atoms with Gasteiger partial charge in [-0.15, -0.1) is 10.2 Å². The van der Waals surface area contributed by atoms with Gasteiger partial charge in [0.05, 0.1) is 24.2 Å². The molecule has 0 bridgehead atoms. The summed E-state index contributed by atoms with van der Waals surface area (Å²) in [7, 11) is 1.57. The zero-order chi connectivity index (χ0) is 29.6. The molecule has 2 amide bonds. The van der Waals surface area contributed by atoms with E-state index in [2.05, 4.69) is 10.2 Å². The standard InChI is InChI=1S/C30H27ClN4O7/c1-19(36)40-12-13-41-23-10-11-24(25(31)15-23)30(38)35-18-28(37)34(16-21-6-3-4-9-26(21)35)17-27-32-33-29(42-27)20-7-5-8-22(14-20)39-2/h3-11,14-15H,12-13,16-18H2,1-2H3. The average Bonchev–Trinajstić information content (AvgIpc) is 3.41. The molecular formula is C30H27ClN4O7. The number of para-hydroxylation sites is 1. The van der Waals surface area contributed by atoms with Crippen molar-refractivity contribution in [3.63, 3.8) is 0 Å². The van der Waals surface area contributed by atoms with Crippen LogP contribution in [0.2, 0.25) is 5.02 Å². The van der Waals surface area contributed by atoms with Crippen LogP contribution >= 0.6 is 11.6 Å². The number of nitrogens with zero attached hydrogens (tertiary/aromatic N) is 4. The van der Waals surface area contributed by atoms with Crippen LogP contribution in [0.25, 0.3) is 11.5 Å². The molecule has 5 rings (SSSR count). The molecule has 0 atom stereocenters. The number of halogens is 1. The molecule has 0 unspecified atom stereocenters. The maximum absolute atomic E-state index is 13.7. The zero-order valence-electron chi connectivity index (χ0n) is 22.9. The molecule has 0 saturated heterocycles. The van der Waals surface area contributed by atoms with Gasteiger partial charge in [0.25, 0.3) is 5.91 Å². The largest absolute Gasteiger partial charge is 0.497 e. The molecule has 0 fully saturated rings. The lowest BCUT2D eigenvalue weighted by Crippen LogP contribution is -2.40. The number of rotatable bonds is 9. The summed E-state index contributed by atoms with van der Waals surface area (Å²) < 4.78 is 21.5. The monoisotopic (exact) mass is 590 g/mol. The summed E-state index contributed by atoms with van der Waals surface area (Å²) in [5.41, 5.74) is 2.26. The van der Waals surface area contributed by atoms with E-state index in [0.717, 1.165) is 5.56 Å². The van der Waals surface area contributed by atoms with Gasteiger partial charge in [0, 0.05) is 24.7 Å². The molecule has 11 nitrogen and oxygen atoms in total. The first-order chi connectivity index (χ1) is 20.3. The number of hydrogen-bond acceptors (Lipinski definition) is 9. The summed E-state index contributed by atoms with van der Waals surface area (Å²) in [6.45, 7) is 1.61. The number of benzene rings is 3. The van der Waals surface area contributed by atoms with Crippen LogP contribution in [0, 0.1) is 0 Å². The van der Waals surface area contributed by atoms with Gasteiger partial charge < -0.3 is 23.5 Å². The second-order valence-electron chi connectivity index (χ2n) is 9.33. The van der Waals surface area contributed by atoms with Crippen LogP contribution < -0.4 is 14.4 Å². The van der Waals surface area contributed by atoms with E-state index < -0.39 is 11.9 Å². The lowest BCUT2D eigenvalue weighted by molar-refractivity contribution is -0.141. The Labute approximate surface area is 246 Å². The molecule has 42 heavy (non-hydrogen) atoms. The first-order valence-corrected chi connectivity index (χ1v) is 13.4. The van der Waals surface area contributed by atoms with Crippen molar-refractivity contribution in [2.75, 3.05) is 31.8 Å². The number of carbonyl (C=O) groups is 3. The number of fused-ring (bicyclic) bond motifs is 1. The Morgan fingerprint density at radius 2 is 1.81 bits per heavy atom. The van der Waals surface area contributed by atoms with E-state index in [-0.39, 0.29) is 55.2 Å². The minimum absolute atomic E-state index is 0.0618. The third-order valence-corrected chi connectivity index (χ3v) is 6.79. The second-order valence-corrected chi connectivity index (χ2v) is 9.74. The Morgan fingerprint density at radius 3 is 2.60 bits per heavy atom. The minimum Gasteiger partial charge on any atom is -0.497 e. The summed E-state index contributed by atoms with van der Waals surface area (Å²) in [5.74, 6) is 0.475. The van der Waals surface area contributed by atoms with Crippen LogP contribution in [0.4, 0.5) is 5.69 Å². The molecule has 2 heterocycles. The van der Waals surface area contributed by atoms with Crippen LogP contribution in [0.15, 0.2) is 71.1 Å². The number of esters is 1. The Bertz CT molecular complexity index is 1620. The lowest BCUT2D eigenvalue weighted by atomic mass is 10.1. The lowest BCUT2D eigenvalue weighted by Gasteiger charge is -2.23. The van der Waals surface area contributed by atoms with Crippen molar-refractivity contribution in [3.8, 4) is 23.0 Å². The Kier molecular flexibility index (Phi) is 8.68. The Morgan fingerprint density at radius 1 is 0.976 bits per heavy atom. The van der Waals surface area contributed by atoms with Crippen LogP contribution in [0.1, 0.15) is 28.7 Å². The quantitative estimate of drug-likeness (QED) is 0.204. The molecule has 216 valence electrons. The first-order valence-electron chi connectivity index (χ1n) is 13.0. The zero-order valence-corrected chi connectivity index (χ0v) is 23.7. The summed E-state index contributed by atoms with van der Waals surface area (Å²) >= 11 is 6.48. The summed E-state index contributed by atoms with van der Waals surface area (Å²) in [4.78, 5) is 41.1. The number of methoxy groups -OCH3 is 1. The predicted molar refractivity (Wildman–Crippen MR) is 152 cm³/mol. The van der Waals surface area contributed by atoms with Gasteiger partial charge in [0.1, 0.15) is 31.3 Å². The molecule has 0 spiro atoms. The van der Waals surface area contributed by atoms with Crippen LogP contribution in [0.5, 0.6) is 11.5 Å². The van der Waals surface area contributed by atoms with Gasteiger partial charge in [-0.1, -0.05) is 35.9 Å². The number of hydrogen-bond donors (Lipinski definition) is 0. The third kappa shape index (κ3) is 6.52. The Balaban J connectivity index is 1.33. The topological polar surface area (TPSA) is 124 Å². The fraction of sp³-hybridized carbons (Fsp3) is 0.233. The van der Waals surface area contributed by atoms with Crippen LogP contribution in [0.3, 0.4) is 0 Å². The molecule has 4 aromatic rings. The van der Waals surface area contributed by atoms with Gasteiger partial charge in [-0.2, -0.15) is 0 Å². The van der Waals surface area contributed by atoms with E-state index >= 15 is 0 Å². The van der Waals surface area contributed by atoms with E-state index in [1.165, 1.54) is 17.9 Å². The molecule has 1 aliphatic heterocycles. The number of ether oxygens (including phenoxy) is 3. The van der Waals surface area contributed by atoms with E-state index in [1.54, 1.807) is 42.3 Å². The summed E-state index contributed by atoms with van der Waals surface area (Å²) in [6, 6.07) is 19.2. The third-order valence-electron chi connectivity index (χ3n) is 6.47. The minimum atomic E-state index is -0.438. The molecule has 0 aliphatic carbocycles. The van der Waals surface area contributed by atoms with Crippen molar-refractivity contribution in [1.29, 1.82) is 0 Å². The predicted octanol–water partition coefficient (Wildman–Crippen LogP) is 4.53. The van der Waals surface area contributed by atoms with E-state index in [4.69, 9.17) is 30.2 Å². The molecular weight excluding hydrogens is 564 g/mol. The van der Waals surface area contributed by atoms with E-state index in [0.29, 0.717) is 28.6 Å². The van der Waals surface area contributed by atoms with Gasteiger partial charge in [0.2, 0.25) is 17.7 Å². The highest BCUT2D eigenvalue weighted by molar-refractivity contribution is 6.34. The maximum atomic E-state index is 13.7. The highest BCUT2D eigenvalue weighted by Crippen LogP contribution is 2.31. The second kappa shape index (κ2) is 12.7. The van der Waals surface area contributed by atoms with Crippen molar-refractivity contribution >= 4 is 35.1 Å². The van der Waals surface area contributed by atoms with Crippen LogP contribution in [-0.4, -0.2) is 59.7 Å². The fourth-order valence-electron chi connectivity index (χ4n) is 4.45. The molecule has 1 aliphatic rings. The van der Waals surface area contributed by atoms with E-state index in [9.17, 15) is 14.4 Å².